The van der Waals surface area contributed by atoms with Gasteiger partial charge in [-0.3, -0.25) is 4.79 Å². The molecule has 0 saturated carbocycles. The predicted molar refractivity (Wildman–Crippen MR) is 103 cm³/mol. The first-order valence-corrected chi connectivity index (χ1v) is 9.28. The average molecular weight is 419 g/mol. The van der Waals surface area contributed by atoms with Crippen molar-refractivity contribution in [2.24, 2.45) is 0 Å². The Bertz CT molecular complexity index is 913. The number of halogens is 1. The van der Waals surface area contributed by atoms with Gasteiger partial charge in [-0.2, -0.15) is 4.57 Å². The fraction of sp³-hybridized carbons (Fsp3) is 0.111. The van der Waals surface area contributed by atoms with Crippen LogP contribution < -0.4 is 10.3 Å². The Morgan fingerprint density at radius 2 is 1.75 bits per heavy atom. The fourth-order valence-corrected chi connectivity index (χ4v) is 4.24. The van der Waals surface area contributed by atoms with Gasteiger partial charge in [0.25, 0.3) is 0 Å². The maximum Gasteiger partial charge on any atom is 0.222 e. The molecular formula is C18H15BrN2OS2. The third-order valence-corrected chi connectivity index (χ3v) is 5.56. The molecule has 3 nitrogen and oxygen atoms in total. The normalized spacial score (nSPS) is 10.8. The van der Waals surface area contributed by atoms with Gasteiger partial charge < -0.3 is 29.7 Å². The zero-order valence-corrected chi connectivity index (χ0v) is 16.4. The number of rotatable bonds is 3. The summed E-state index contributed by atoms with van der Waals surface area (Å²) in [6, 6.07) is 9.31. The zero-order chi connectivity index (χ0) is 17.4. The van der Waals surface area contributed by atoms with Crippen molar-refractivity contribution in [3.8, 4) is 5.69 Å². The summed E-state index contributed by atoms with van der Waals surface area (Å²) in [4.78, 5) is 13.3. The molecule has 0 bridgehead atoms. The molecule has 0 unspecified atom stereocenters. The fourth-order valence-electron chi connectivity index (χ4n) is 2.60. The lowest BCUT2D eigenvalue weighted by Crippen LogP contribution is -2.32. The van der Waals surface area contributed by atoms with Gasteiger partial charge in [0.05, 0.1) is 0 Å². The predicted octanol–water partition coefficient (Wildman–Crippen LogP) is 4.12. The van der Waals surface area contributed by atoms with E-state index in [0.717, 1.165) is 15.6 Å². The van der Waals surface area contributed by atoms with Crippen molar-refractivity contribution in [1.82, 2.24) is 0 Å². The molecule has 6 heteroatoms. The van der Waals surface area contributed by atoms with Gasteiger partial charge in [-0.1, -0.05) is 15.9 Å². The molecule has 24 heavy (non-hydrogen) atoms. The molecule has 0 amide bonds. The quantitative estimate of drug-likeness (QED) is 0.395. The van der Waals surface area contributed by atoms with E-state index in [2.05, 4.69) is 22.0 Å². The van der Waals surface area contributed by atoms with E-state index in [4.69, 9.17) is 18.4 Å². The molecule has 0 saturated heterocycles. The molecule has 3 rings (SSSR count). The highest BCUT2D eigenvalue weighted by molar-refractivity contribution is 9.10. The highest BCUT2D eigenvalue weighted by Gasteiger charge is 2.21. The van der Waals surface area contributed by atoms with E-state index >= 15 is 0 Å². The lowest BCUT2D eigenvalue weighted by Gasteiger charge is -2.04. The minimum atomic E-state index is -0.104. The van der Waals surface area contributed by atoms with Crippen molar-refractivity contribution in [2.75, 3.05) is 5.73 Å². The maximum atomic E-state index is 12.8. The van der Waals surface area contributed by atoms with Crippen LogP contribution in [0.15, 0.2) is 51.4 Å². The van der Waals surface area contributed by atoms with E-state index in [1.54, 1.807) is 12.1 Å². The van der Waals surface area contributed by atoms with Crippen LogP contribution in [0.2, 0.25) is 0 Å². The highest BCUT2D eigenvalue weighted by atomic mass is 79.9. The molecular weight excluding hydrogens is 404 g/mol. The molecule has 0 aliphatic carbocycles. The minimum Gasteiger partial charge on any atom is -0.421 e. The van der Waals surface area contributed by atoms with Gasteiger partial charge in [0.1, 0.15) is 5.69 Å². The largest absolute Gasteiger partial charge is 0.421 e. The molecule has 0 aliphatic heterocycles. The molecule has 0 aliphatic rings. The second-order valence-electron chi connectivity index (χ2n) is 5.61. The van der Waals surface area contributed by atoms with Crippen molar-refractivity contribution in [1.29, 1.82) is 0 Å². The highest BCUT2D eigenvalue weighted by Crippen LogP contribution is 2.33. The SMILES string of the molecule is Cc1cc(C)c[n+](-c2c([S-])sc(C(=O)c3ccc(Br)cc3)c2N)c1. The summed E-state index contributed by atoms with van der Waals surface area (Å²) in [6.07, 6.45) is 3.93. The molecule has 0 spiro atoms. The van der Waals surface area contributed by atoms with Crippen LogP contribution in [0.5, 0.6) is 0 Å². The maximum absolute atomic E-state index is 12.8. The van der Waals surface area contributed by atoms with Gasteiger partial charge in [0.15, 0.2) is 18.2 Å². The van der Waals surface area contributed by atoms with Crippen molar-refractivity contribution in [2.45, 2.75) is 18.1 Å². The van der Waals surface area contributed by atoms with Crippen LogP contribution in [0, 0.1) is 13.8 Å². The molecule has 3 aromatic rings. The molecule has 122 valence electrons. The number of nitrogen functional groups attached to an aromatic ring is 1. The van der Waals surface area contributed by atoms with Crippen LogP contribution in [0.4, 0.5) is 5.69 Å². The number of carbonyl (C=O) groups is 1. The molecule has 2 aromatic heterocycles. The van der Waals surface area contributed by atoms with E-state index in [0.29, 0.717) is 26.0 Å². The number of carbonyl (C=O) groups excluding carboxylic acids is 1. The van der Waals surface area contributed by atoms with Gasteiger partial charge in [-0.15, -0.1) is 0 Å². The average Bonchev–Trinajstić information content (AvgIpc) is 2.81. The molecule has 0 radical (unpaired) electrons. The Morgan fingerprint density at radius 1 is 1.17 bits per heavy atom. The topological polar surface area (TPSA) is 47.0 Å². The number of ketones is 1. The van der Waals surface area contributed by atoms with Crippen LogP contribution in [0.3, 0.4) is 0 Å². The standard InChI is InChI=1S/C18H15BrN2OS2/c1-10-7-11(2)9-21(8-10)15-14(20)17(24-18(15)23)16(22)12-3-5-13(19)6-4-12/h3-9H,1-2H3,(H2-,20,22,23). The van der Waals surface area contributed by atoms with Gasteiger partial charge in [-0.25, -0.2) is 0 Å². The summed E-state index contributed by atoms with van der Waals surface area (Å²) in [5, 5.41) is 0. The molecule has 0 atom stereocenters. The number of aromatic nitrogens is 1. The summed E-state index contributed by atoms with van der Waals surface area (Å²) in [6.45, 7) is 4.03. The summed E-state index contributed by atoms with van der Waals surface area (Å²) >= 11 is 10.1. The molecule has 2 N–H and O–H groups in total. The van der Waals surface area contributed by atoms with Crippen molar-refractivity contribution >= 4 is 51.4 Å². The van der Waals surface area contributed by atoms with E-state index in [-0.39, 0.29) is 5.78 Å². The smallest absolute Gasteiger partial charge is 0.222 e. The van der Waals surface area contributed by atoms with Gasteiger partial charge >= 0.3 is 0 Å². The first-order chi connectivity index (χ1) is 11.4. The lowest BCUT2D eigenvalue weighted by molar-refractivity contribution is -0.597. The third-order valence-electron chi connectivity index (χ3n) is 3.60. The first kappa shape index (κ1) is 17.1. The lowest BCUT2D eigenvalue weighted by atomic mass is 10.1. The summed E-state index contributed by atoms with van der Waals surface area (Å²) in [5.74, 6) is -0.104. The number of aryl methyl sites for hydroxylation is 2. The third kappa shape index (κ3) is 3.22. The number of hydrogen-bond donors (Lipinski definition) is 1. The van der Waals surface area contributed by atoms with Gasteiger partial charge in [-0.05, 0) is 48.4 Å². The Hall–Kier alpha value is -1.76. The molecule has 0 fully saturated rings. The Balaban J connectivity index is 2.09. The van der Waals surface area contributed by atoms with E-state index in [9.17, 15) is 4.79 Å². The van der Waals surface area contributed by atoms with E-state index in [1.165, 1.54) is 11.3 Å². The Kier molecular flexibility index (Phi) is 4.71. The summed E-state index contributed by atoms with van der Waals surface area (Å²) in [7, 11) is 0. The van der Waals surface area contributed by atoms with Crippen LogP contribution in [-0.4, -0.2) is 5.78 Å². The number of benzene rings is 1. The van der Waals surface area contributed by atoms with Crippen LogP contribution in [0.1, 0.15) is 26.4 Å². The molecule has 1 aromatic carbocycles. The summed E-state index contributed by atoms with van der Waals surface area (Å²) in [5.41, 5.74) is 10.3. The second kappa shape index (κ2) is 6.63. The first-order valence-electron chi connectivity index (χ1n) is 7.26. The van der Waals surface area contributed by atoms with E-state index in [1.807, 2.05) is 42.9 Å². The minimum absolute atomic E-state index is 0.104. The number of nitrogens with zero attached hydrogens (tertiary/aromatic N) is 1. The monoisotopic (exact) mass is 418 g/mol. The molecule has 2 heterocycles. The summed E-state index contributed by atoms with van der Waals surface area (Å²) < 4.78 is 3.45. The van der Waals surface area contributed by atoms with Crippen LogP contribution in [0.25, 0.3) is 5.69 Å². The Labute approximate surface area is 158 Å². The van der Waals surface area contributed by atoms with Gasteiger partial charge in [0.2, 0.25) is 5.69 Å². The van der Waals surface area contributed by atoms with Crippen molar-refractivity contribution in [3.05, 3.63) is 68.8 Å². The number of nitrogens with two attached hydrogens (primary N) is 1. The van der Waals surface area contributed by atoms with Crippen LogP contribution >= 0.6 is 27.3 Å². The number of thiophene rings is 1. The van der Waals surface area contributed by atoms with E-state index < -0.39 is 0 Å². The number of pyridine rings is 1. The second-order valence-corrected chi connectivity index (χ2v) is 8.22. The van der Waals surface area contributed by atoms with Gasteiger partial charge in [0, 0.05) is 26.0 Å². The zero-order valence-electron chi connectivity index (χ0n) is 13.2. The van der Waals surface area contributed by atoms with Crippen molar-refractivity contribution < 1.29 is 9.36 Å². The van der Waals surface area contributed by atoms with Crippen molar-refractivity contribution in [3.63, 3.8) is 0 Å². The number of hydrogen-bond acceptors (Lipinski definition) is 4. The van der Waals surface area contributed by atoms with Crippen LogP contribution in [-0.2, 0) is 12.6 Å². The Morgan fingerprint density at radius 3 is 2.33 bits per heavy atom. The number of anilines is 1.